The fourth-order valence-corrected chi connectivity index (χ4v) is 3.31. The molecule has 1 heterocycles. The summed E-state index contributed by atoms with van der Waals surface area (Å²) in [6, 6.07) is 8.38. The summed E-state index contributed by atoms with van der Waals surface area (Å²) in [7, 11) is 1.52. The van der Waals surface area contributed by atoms with Crippen molar-refractivity contribution < 1.29 is 9.59 Å². The Balaban J connectivity index is 2.00. The number of carbonyl (C=O) groups excluding carboxylic acids is 2. The van der Waals surface area contributed by atoms with Gasteiger partial charge in [0.05, 0.1) is 16.4 Å². The zero-order valence-electron chi connectivity index (χ0n) is 12.1. The first-order valence-corrected chi connectivity index (χ1v) is 8.04. The molecule has 118 valence electrons. The van der Waals surface area contributed by atoms with Crippen LogP contribution in [-0.2, 0) is 4.79 Å². The van der Waals surface area contributed by atoms with Gasteiger partial charge in [-0.05, 0) is 24.3 Å². The van der Waals surface area contributed by atoms with Gasteiger partial charge >= 0.3 is 0 Å². The number of amides is 2. The van der Waals surface area contributed by atoms with Crippen LogP contribution in [0.4, 0.5) is 5.69 Å². The largest absolute Gasteiger partial charge is 0.332 e. The summed E-state index contributed by atoms with van der Waals surface area (Å²) in [5.74, 6) is 1.78. The van der Waals surface area contributed by atoms with Crippen molar-refractivity contribution in [2.75, 3.05) is 18.9 Å². The van der Waals surface area contributed by atoms with E-state index in [0.29, 0.717) is 19.9 Å². The molecular weight excluding hydrogens is 355 g/mol. The third-order valence-corrected chi connectivity index (χ3v) is 4.42. The number of likely N-dealkylation sites (N-methyl/N-ethyl adjacent to an activating group) is 1. The van der Waals surface area contributed by atoms with Crippen LogP contribution in [0.3, 0.4) is 0 Å². The first-order valence-electron chi connectivity index (χ1n) is 6.47. The SMILES string of the molecule is C#Cc1cccc(NC(=O)CN(C)C(=O)c2cc(Cl)sc2Cl)c1. The molecule has 0 saturated carbocycles. The molecule has 0 fully saturated rings. The van der Waals surface area contributed by atoms with E-state index in [9.17, 15) is 9.59 Å². The van der Waals surface area contributed by atoms with Crippen molar-refractivity contribution >= 4 is 52.0 Å². The second-order valence-electron chi connectivity index (χ2n) is 4.67. The minimum atomic E-state index is -0.370. The van der Waals surface area contributed by atoms with Crippen molar-refractivity contribution in [1.82, 2.24) is 4.90 Å². The highest BCUT2D eigenvalue weighted by Crippen LogP contribution is 2.31. The normalized spacial score (nSPS) is 10.0. The molecule has 0 unspecified atom stereocenters. The predicted molar refractivity (Wildman–Crippen MR) is 94.3 cm³/mol. The first-order chi connectivity index (χ1) is 10.9. The average Bonchev–Trinajstić information content (AvgIpc) is 2.85. The molecule has 0 bridgehead atoms. The fourth-order valence-electron chi connectivity index (χ4n) is 1.87. The summed E-state index contributed by atoms with van der Waals surface area (Å²) in [6.45, 7) is -0.122. The third-order valence-electron chi connectivity index (χ3n) is 2.93. The molecule has 1 aromatic carbocycles. The molecule has 7 heteroatoms. The number of terminal acetylenes is 1. The van der Waals surface area contributed by atoms with Gasteiger partial charge in [-0.3, -0.25) is 9.59 Å². The zero-order chi connectivity index (χ0) is 17.0. The fraction of sp³-hybridized carbons (Fsp3) is 0.125. The summed E-state index contributed by atoms with van der Waals surface area (Å²) in [5.41, 5.74) is 1.51. The number of nitrogens with one attached hydrogen (secondary N) is 1. The summed E-state index contributed by atoms with van der Waals surface area (Å²) in [6.07, 6.45) is 5.31. The number of thiophene rings is 1. The molecule has 2 amide bonds. The average molecular weight is 367 g/mol. The van der Waals surface area contributed by atoms with E-state index < -0.39 is 0 Å². The number of rotatable bonds is 4. The first kappa shape index (κ1) is 17.4. The van der Waals surface area contributed by atoms with E-state index >= 15 is 0 Å². The molecule has 0 radical (unpaired) electrons. The molecule has 0 aliphatic rings. The molecular formula is C16H12Cl2N2O2S. The zero-order valence-corrected chi connectivity index (χ0v) is 14.4. The molecule has 0 aliphatic heterocycles. The number of benzene rings is 1. The van der Waals surface area contributed by atoms with Crippen molar-refractivity contribution in [3.05, 3.63) is 50.1 Å². The van der Waals surface area contributed by atoms with Crippen LogP contribution >= 0.6 is 34.5 Å². The number of carbonyl (C=O) groups is 2. The monoisotopic (exact) mass is 366 g/mol. The lowest BCUT2D eigenvalue weighted by Crippen LogP contribution is -2.34. The maximum atomic E-state index is 12.3. The number of halogens is 2. The molecule has 0 aliphatic carbocycles. The van der Waals surface area contributed by atoms with Crippen LogP contribution in [0.25, 0.3) is 0 Å². The van der Waals surface area contributed by atoms with E-state index in [1.165, 1.54) is 18.0 Å². The van der Waals surface area contributed by atoms with Crippen LogP contribution in [0.2, 0.25) is 8.67 Å². The van der Waals surface area contributed by atoms with E-state index in [1.807, 2.05) is 0 Å². The van der Waals surface area contributed by atoms with Gasteiger partial charge in [-0.15, -0.1) is 17.8 Å². The lowest BCUT2D eigenvalue weighted by molar-refractivity contribution is -0.116. The molecule has 23 heavy (non-hydrogen) atoms. The Labute approximate surface area is 148 Å². The van der Waals surface area contributed by atoms with Gasteiger partial charge in [0.1, 0.15) is 4.34 Å². The summed E-state index contributed by atoms with van der Waals surface area (Å²) >= 11 is 12.9. The maximum absolute atomic E-state index is 12.3. The molecule has 0 atom stereocenters. The molecule has 2 aromatic rings. The smallest absolute Gasteiger partial charge is 0.256 e. The Morgan fingerprint density at radius 3 is 2.70 bits per heavy atom. The van der Waals surface area contributed by atoms with Crippen molar-refractivity contribution in [2.24, 2.45) is 0 Å². The predicted octanol–water partition coefficient (Wildman–Crippen LogP) is 3.75. The van der Waals surface area contributed by atoms with Crippen molar-refractivity contribution in [1.29, 1.82) is 0 Å². The van der Waals surface area contributed by atoms with Crippen molar-refractivity contribution in [3.63, 3.8) is 0 Å². The Bertz CT molecular complexity index is 796. The highest BCUT2D eigenvalue weighted by atomic mass is 35.5. The van der Waals surface area contributed by atoms with Crippen LogP contribution < -0.4 is 5.32 Å². The van der Waals surface area contributed by atoms with Gasteiger partial charge in [0, 0.05) is 18.3 Å². The number of hydrogen-bond donors (Lipinski definition) is 1. The molecule has 1 aromatic heterocycles. The lowest BCUT2D eigenvalue weighted by atomic mass is 10.2. The lowest BCUT2D eigenvalue weighted by Gasteiger charge is -2.16. The third kappa shape index (κ3) is 4.49. The number of hydrogen-bond acceptors (Lipinski definition) is 3. The summed E-state index contributed by atoms with van der Waals surface area (Å²) in [4.78, 5) is 25.6. The van der Waals surface area contributed by atoms with Gasteiger partial charge in [-0.25, -0.2) is 0 Å². The van der Waals surface area contributed by atoms with E-state index in [2.05, 4.69) is 11.2 Å². The number of anilines is 1. The van der Waals surface area contributed by atoms with E-state index in [-0.39, 0.29) is 23.9 Å². The Morgan fingerprint density at radius 2 is 2.09 bits per heavy atom. The van der Waals surface area contributed by atoms with Gasteiger partial charge in [-0.1, -0.05) is 35.2 Å². The van der Waals surface area contributed by atoms with Crippen LogP contribution in [0.5, 0.6) is 0 Å². The van der Waals surface area contributed by atoms with Crippen LogP contribution in [0.15, 0.2) is 30.3 Å². The van der Waals surface area contributed by atoms with Gasteiger partial charge in [0.2, 0.25) is 5.91 Å². The van der Waals surface area contributed by atoms with Crippen LogP contribution in [-0.4, -0.2) is 30.3 Å². The maximum Gasteiger partial charge on any atom is 0.256 e. The van der Waals surface area contributed by atoms with E-state index in [4.69, 9.17) is 29.6 Å². The Kier molecular flexibility index (Phi) is 5.67. The number of nitrogens with zero attached hydrogens (tertiary/aromatic N) is 1. The van der Waals surface area contributed by atoms with Gasteiger partial charge < -0.3 is 10.2 Å². The highest BCUT2D eigenvalue weighted by Gasteiger charge is 2.20. The molecule has 0 spiro atoms. The minimum absolute atomic E-state index is 0.122. The molecule has 2 rings (SSSR count). The van der Waals surface area contributed by atoms with Crippen LogP contribution in [0, 0.1) is 12.3 Å². The van der Waals surface area contributed by atoms with E-state index in [0.717, 1.165) is 11.3 Å². The van der Waals surface area contributed by atoms with Gasteiger partial charge in [-0.2, -0.15) is 0 Å². The Hall–Kier alpha value is -2.00. The highest BCUT2D eigenvalue weighted by molar-refractivity contribution is 7.20. The standard InChI is InChI=1S/C16H12Cl2N2O2S/c1-3-10-5-4-6-11(7-10)19-14(21)9-20(2)16(22)12-8-13(17)23-15(12)18/h1,4-8H,9H2,2H3,(H,19,21). The molecule has 1 N–H and O–H groups in total. The minimum Gasteiger partial charge on any atom is -0.332 e. The quantitative estimate of drug-likeness (QED) is 0.837. The van der Waals surface area contributed by atoms with Crippen molar-refractivity contribution in [2.45, 2.75) is 0 Å². The van der Waals surface area contributed by atoms with Crippen LogP contribution in [0.1, 0.15) is 15.9 Å². The molecule has 0 saturated heterocycles. The topological polar surface area (TPSA) is 49.4 Å². The second kappa shape index (κ2) is 7.51. The summed E-state index contributed by atoms with van der Waals surface area (Å²) in [5, 5.41) is 2.69. The van der Waals surface area contributed by atoms with Gasteiger partial charge in [0.25, 0.3) is 5.91 Å². The van der Waals surface area contributed by atoms with Gasteiger partial charge in [0.15, 0.2) is 0 Å². The van der Waals surface area contributed by atoms with Crippen molar-refractivity contribution in [3.8, 4) is 12.3 Å². The Morgan fingerprint density at radius 1 is 1.35 bits per heavy atom. The van der Waals surface area contributed by atoms with E-state index in [1.54, 1.807) is 24.3 Å². The summed E-state index contributed by atoms with van der Waals surface area (Å²) < 4.78 is 0.719. The molecule has 4 nitrogen and oxygen atoms in total. The second-order valence-corrected chi connectivity index (χ2v) is 6.96.